The van der Waals surface area contributed by atoms with Crippen LogP contribution in [0.25, 0.3) is 0 Å². The van der Waals surface area contributed by atoms with Crippen molar-refractivity contribution in [2.45, 2.75) is 79.1 Å². The molecule has 0 aliphatic rings. The molecule has 0 spiro atoms. The first-order valence-corrected chi connectivity index (χ1v) is 8.09. The molecule has 0 bridgehead atoms. The molecule has 1 radical (unpaired) electrons. The van der Waals surface area contributed by atoms with Crippen molar-refractivity contribution in [1.29, 1.82) is 0 Å². The second-order valence-corrected chi connectivity index (χ2v) is 5.65. The molecule has 2 heteroatoms. The Morgan fingerprint density at radius 1 is 0.500 bits per heavy atom. The number of hydrogen-bond donors (Lipinski definition) is 0. The molecular weight excluding hydrogens is 257 g/mol. The molecule has 0 aromatic carbocycles. The van der Waals surface area contributed by atoms with E-state index in [9.17, 15) is 0 Å². The fraction of sp³-hybridized carbons (Fsp3) is 1.00. The Hall–Kier alpha value is 0.544. The summed E-state index contributed by atoms with van der Waals surface area (Å²) < 4.78 is 1.42. The van der Waals surface area contributed by atoms with Gasteiger partial charge in [-0.3, -0.25) is 0 Å². The summed E-state index contributed by atoms with van der Waals surface area (Å²) in [5, 5.41) is 0. The molecule has 18 heavy (non-hydrogen) atoms. The number of hydrogen-bond acceptors (Lipinski definition) is 0. The van der Waals surface area contributed by atoms with Crippen LogP contribution < -0.4 is 0 Å². The van der Waals surface area contributed by atoms with Gasteiger partial charge in [-0.15, -0.1) is 0 Å². The molecule has 0 amide bonds. The Bertz CT molecular complexity index is 122. The average Bonchev–Trinajstić information content (AvgIpc) is 2.37. The molecule has 0 aromatic rings. The van der Waals surface area contributed by atoms with Gasteiger partial charge in [0.15, 0.2) is 0 Å². The van der Waals surface area contributed by atoms with Crippen LogP contribution in [0.5, 0.6) is 0 Å². The van der Waals surface area contributed by atoms with Crippen molar-refractivity contribution in [3.63, 3.8) is 0 Å². The zero-order chi connectivity index (χ0) is 13.0. The van der Waals surface area contributed by atoms with E-state index in [0.717, 1.165) is 0 Å². The SMILES string of the molecule is CCCC[N+](CCCC)(CCCC)CCCC.[V]. The molecule has 0 fully saturated rings. The number of quaternary nitrogens is 1. The molecule has 0 aliphatic heterocycles. The maximum absolute atomic E-state index is 2.33. The molecule has 0 saturated carbocycles. The predicted molar refractivity (Wildman–Crippen MR) is 79.4 cm³/mol. The summed E-state index contributed by atoms with van der Waals surface area (Å²) in [4.78, 5) is 0. The van der Waals surface area contributed by atoms with Gasteiger partial charge < -0.3 is 4.48 Å². The van der Waals surface area contributed by atoms with Crippen molar-refractivity contribution in [3.05, 3.63) is 0 Å². The number of nitrogens with zero attached hydrogens (tertiary/aromatic N) is 1. The summed E-state index contributed by atoms with van der Waals surface area (Å²) in [5.41, 5.74) is 0. The van der Waals surface area contributed by atoms with Crippen LogP contribution in [-0.4, -0.2) is 30.7 Å². The second kappa shape index (κ2) is 14.0. The molecule has 0 N–H and O–H groups in total. The molecule has 0 atom stereocenters. The first kappa shape index (κ1) is 20.9. The van der Waals surface area contributed by atoms with Crippen molar-refractivity contribution in [2.24, 2.45) is 0 Å². The van der Waals surface area contributed by atoms with Gasteiger partial charge >= 0.3 is 0 Å². The van der Waals surface area contributed by atoms with E-state index in [1.54, 1.807) is 0 Å². The Kier molecular flexibility index (Phi) is 16.2. The Morgan fingerprint density at radius 2 is 0.722 bits per heavy atom. The number of unbranched alkanes of at least 4 members (excludes halogenated alkanes) is 4. The summed E-state index contributed by atoms with van der Waals surface area (Å²) in [6, 6.07) is 0. The standard InChI is InChI=1S/C16H36N.V/c1-5-9-13-17(14-10-6-2,15-11-7-3)16-12-8-4;/h5-16H2,1-4H3;/q+1;. The molecular formula is C16H36NV+. The largest absolute Gasteiger partial charge is 0.324 e. The molecule has 0 rings (SSSR count). The molecule has 0 heterocycles. The summed E-state index contributed by atoms with van der Waals surface area (Å²) in [6.45, 7) is 15.0. The second-order valence-electron chi connectivity index (χ2n) is 5.65. The van der Waals surface area contributed by atoms with E-state index in [2.05, 4.69) is 27.7 Å². The molecule has 109 valence electrons. The smallest absolute Gasteiger partial charge is 0.0786 e. The van der Waals surface area contributed by atoms with E-state index in [1.165, 1.54) is 82.0 Å². The third-order valence-electron chi connectivity index (χ3n) is 3.94. The third kappa shape index (κ3) is 9.47. The van der Waals surface area contributed by atoms with Crippen molar-refractivity contribution < 1.29 is 23.0 Å². The molecule has 0 saturated heterocycles. The zero-order valence-corrected chi connectivity index (χ0v) is 14.8. The maximum atomic E-state index is 2.33. The van der Waals surface area contributed by atoms with Crippen molar-refractivity contribution in [2.75, 3.05) is 26.2 Å². The van der Waals surface area contributed by atoms with E-state index in [-0.39, 0.29) is 18.6 Å². The van der Waals surface area contributed by atoms with Gasteiger partial charge in [0.05, 0.1) is 26.2 Å². The van der Waals surface area contributed by atoms with Crippen molar-refractivity contribution >= 4 is 0 Å². The average molecular weight is 293 g/mol. The third-order valence-corrected chi connectivity index (χ3v) is 3.94. The first-order valence-electron chi connectivity index (χ1n) is 8.09. The van der Waals surface area contributed by atoms with E-state index in [0.29, 0.717) is 0 Å². The van der Waals surface area contributed by atoms with Crippen LogP contribution in [0.3, 0.4) is 0 Å². The van der Waals surface area contributed by atoms with Crippen LogP contribution in [0.2, 0.25) is 0 Å². The van der Waals surface area contributed by atoms with Crippen molar-refractivity contribution in [1.82, 2.24) is 0 Å². The van der Waals surface area contributed by atoms with E-state index < -0.39 is 0 Å². The summed E-state index contributed by atoms with van der Waals surface area (Å²) in [7, 11) is 0. The first-order chi connectivity index (χ1) is 8.24. The van der Waals surface area contributed by atoms with Crippen LogP contribution in [0, 0.1) is 0 Å². The van der Waals surface area contributed by atoms with Gasteiger partial charge in [-0.1, -0.05) is 53.4 Å². The number of rotatable bonds is 12. The maximum Gasteiger partial charge on any atom is 0.0786 e. The zero-order valence-electron chi connectivity index (χ0n) is 13.4. The minimum Gasteiger partial charge on any atom is -0.324 e. The molecule has 0 aliphatic carbocycles. The molecule has 1 nitrogen and oxygen atoms in total. The fourth-order valence-electron chi connectivity index (χ4n) is 2.64. The Morgan fingerprint density at radius 3 is 0.889 bits per heavy atom. The van der Waals surface area contributed by atoms with E-state index in [4.69, 9.17) is 0 Å². The minimum atomic E-state index is 0. The van der Waals surface area contributed by atoms with E-state index >= 15 is 0 Å². The monoisotopic (exact) mass is 293 g/mol. The van der Waals surface area contributed by atoms with Gasteiger partial charge in [0.2, 0.25) is 0 Å². The molecule has 0 aromatic heterocycles. The van der Waals surface area contributed by atoms with Gasteiger partial charge in [-0.25, -0.2) is 0 Å². The summed E-state index contributed by atoms with van der Waals surface area (Å²) >= 11 is 0. The van der Waals surface area contributed by atoms with Gasteiger partial charge in [-0.2, -0.15) is 0 Å². The van der Waals surface area contributed by atoms with Crippen LogP contribution in [0.15, 0.2) is 0 Å². The van der Waals surface area contributed by atoms with Crippen molar-refractivity contribution in [3.8, 4) is 0 Å². The summed E-state index contributed by atoms with van der Waals surface area (Å²) in [5.74, 6) is 0. The van der Waals surface area contributed by atoms with Crippen LogP contribution in [-0.2, 0) is 18.6 Å². The van der Waals surface area contributed by atoms with Gasteiger partial charge in [0, 0.05) is 18.6 Å². The quantitative estimate of drug-likeness (QED) is 0.444. The topological polar surface area (TPSA) is 0 Å². The minimum absolute atomic E-state index is 0. The van der Waals surface area contributed by atoms with Crippen LogP contribution in [0.1, 0.15) is 79.1 Å². The van der Waals surface area contributed by atoms with Gasteiger partial charge in [0.25, 0.3) is 0 Å². The normalized spacial score (nSPS) is 11.3. The van der Waals surface area contributed by atoms with Crippen LogP contribution in [0.4, 0.5) is 0 Å². The van der Waals surface area contributed by atoms with Crippen LogP contribution >= 0.6 is 0 Å². The summed E-state index contributed by atoms with van der Waals surface area (Å²) in [6.07, 6.45) is 11.1. The Balaban J connectivity index is 0. The van der Waals surface area contributed by atoms with E-state index in [1.807, 2.05) is 0 Å². The molecule has 0 unspecified atom stereocenters. The predicted octanol–water partition coefficient (Wildman–Crippen LogP) is 5.00. The van der Waals surface area contributed by atoms with Gasteiger partial charge in [0.1, 0.15) is 0 Å². The Labute approximate surface area is 128 Å². The fourth-order valence-corrected chi connectivity index (χ4v) is 2.64. The van der Waals surface area contributed by atoms with Gasteiger partial charge in [-0.05, 0) is 25.7 Å².